The third kappa shape index (κ3) is 4.78. The molecule has 1 atom stereocenters. The topological polar surface area (TPSA) is 81.9 Å². The third-order valence-corrected chi connectivity index (χ3v) is 7.39. The van der Waals surface area contributed by atoms with E-state index in [-0.39, 0.29) is 11.7 Å². The Morgan fingerprint density at radius 3 is 2.94 bits per heavy atom. The van der Waals surface area contributed by atoms with Crippen molar-refractivity contribution in [2.75, 3.05) is 11.9 Å². The molecule has 1 aromatic carbocycles. The van der Waals surface area contributed by atoms with Gasteiger partial charge in [0.15, 0.2) is 5.78 Å². The van der Waals surface area contributed by atoms with Crippen LogP contribution in [0.2, 0.25) is 0 Å². The number of aromatic nitrogens is 4. The summed E-state index contributed by atoms with van der Waals surface area (Å²) in [5, 5.41) is 7.34. The molecule has 4 heterocycles. The number of rotatable bonds is 7. The number of ether oxygens (including phenoxy) is 1. The first-order valence-corrected chi connectivity index (χ1v) is 12.2. The summed E-state index contributed by atoms with van der Waals surface area (Å²) in [6.45, 7) is 5.59. The van der Waals surface area contributed by atoms with Gasteiger partial charge in [0.05, 0.1) is 35.7 Å². The van der Waals surface area contributed by atoms with Crippen LogP contribution in [0.4, 0.5) is 11.6 Å². The molecule has 0 fully saturated rings. The summed E-state index contributed by atoms with van der Waals surface area (Å²) >= 11 is 1.63. The van der Waals surface area contributed by atoms with Crippen LogP contribution in [0.5, 0.6) is 0 Å². The maximum Gasteiger partial charge on any atom is 0.227 e. The van der Waals surface area contributed by atoms with E-state index < -0.39 is 0 Å². The number of hydrogen-bond acceptors (Lipinski definition) is 7. The molecule has 0 aliphatic carbocycles. The SMILES string of the molecule is Cc1cc(-c2ccnc(Nc3cnn(C)c3)n2)ccc1C(C)CC(=O)c1cc2c(s1)CCOC2. The Kier molecular flexibility index (Phi) is 6.26. The van der Waals surface area contributed by atoms with Crippen molar-refractivity contribution >= 4 is 28.8 Å². The Morgan fingerprint density at radius 1 is 1.29 bits per heavy atom. The lowest BCUT2D eigenvalue weighted by Crippen LogP contribution is -2.06. The molecular weight excluding hydrogens is 446 g/mol. The van der Waals surface area contributed by atoms with Crippen LogP contribution in [-0.4, -0.2) is 32.1 Å². The van der Waals surface area contributed by atoms with E-state index >= 15 is 0 Å². The van der Waals surface area contributed by atoms with Crippen LogP contribution in [-0.2, 0) is 24.8 Å². The Bertz CT molecular complexity index is 1320. The minimum Gasteiger partial charge on any atom is -0.376 e. The third-order valence-electron chi connectivity index (χ3n) is 6.11. The summed E-state index contributed by atoms with van der Waals surface area (Å²) in [6, 6.07) is 10.2. The van der Waals surface area contributed by atoms with Gasteiger partial charge in [-0.05, 0) is 47.7 Å². The zero-order chi connectivity index (χ0) is 23.7. The van der Waals surface area contributed by atoms with Gasteiger partial charge in [-0.25, -0.2) is 9.97 Å². The number of carbonyl (C=O) groups excluding carboxylic acids is 1. The fourth-order valence-corrected chi connectivity index (χ4v) is 5.45. The van der Waals surface area contributed by atoms with Crippen molar-refractivity contribution in [1.29, 1.82) is 0 Å². The van der Waals surface area contributed by atoms with E-state index in [4.69, 9.17) is 4.74 Å². The van der Waals surface area contributed by atoms with Crippen LogP contribution >= 0.6 is 11.3 Å². The van der Waals surface area contributed by atoms with Gasteiger partial charge in [-0.1, -0.05) is 19.1 Å². The molecule has 0 spiro atoms. The summed E-state index contributed by atoms with van der Waals surface area (Å²) in [4.78, 5) is 24.1. The highest BCUT2D eigenvalue weighted by Crippen LogP contribution is 2.32. The zero-order valence-electron chi connectivity index (χ0n) is 19.5. The molecule has 7 nitrogen and oxygen atoms in total. The molecule has 1 unspecified atom stereocenters. The van der Waals surface area contributed by atoms with Crippen molar-refractivity contribution in [1.82, 2.24) is 19.7 Å². The summed E-state index contributed by atoms with van der Waals surface area (Å²) in [7, 11) is 1.87. The minimum atomic E-state index is 0.130. The number of thiophene rings is 1. The quantitative estimate of drug-likeness (QED) is 0.360. The van der Waals surface area contributed by atoms with Crippen LogP contribution in [0.15, 0.2) is 48.9 Å². The molecule has 4 aromatic rings. The number of nitrogens with zero attached hydrogens (tertiary/aromatic N) is 4. The van der Waals surface area contributed by atoms with Crippen molar-refractivity contribution in [3.8, 4) is 11.3 Å². The van der Waals surface area contributed by atoms with Crippen LogP contribution in [0, 0.1) is 6.92 Å². The normalized spacial score (nSPS) is 14.0. The monoisotopic (exact) mass is 473 g/mol. The van der Waals surface area contributed by atoms with E-state index in [1.54, 1.807) is 28.4 Å². The summed E-state index contributed by atoms with van der Waals surface area (Å²) in [6.07, 6.45) is 6.75. The van der Waals surface area contributed by atoms with E-state index in [1.807, 2.05) is 25.4 Å². The van der Waals surface area contributed by atoms with E-state index in [0.717, 1.165) is 40.4 Å². The summed E-state index contributed by atoms with van der Waals surface area (Å²) < 4.78 is 7.24. The number of Topliss-reactive ketones (excluding diaryl/α,β-unsaturated/α-hetero) is 1. The molecule has 0 saturated heterocycles. The van der Waals surface area contributed by atoms with Crippen molar-refractivity contribution in [2.45, 2.75) is 39.2 Å². The second-order valence-corrected chi connectivity index (χ2v) is 9.89. The molecule has 3 aromatic heterocycles. The first-order valence-electron chi connectivity index (χ1n) is 11.4. The number of carbonyl (C=O) groups is 1. The Morgan fingerprint density at radius 2 is 2.18 bits per heavy atom. The van der Waals surface area contributed by atoms with E-state index in [0.29, 0.717) is 19.0 Å². The van der Waals surface area contributed by atoms with Gasteiger partial charge in [0.2, 0.25) is 5.95 Å². The molecule has 0 bridgehead atoms. The van der Waals surface area contributed by atoms with Gasteiger partial charge in [-0.3, -0.25) is 9.48 Å². The van der Waals surface area contributed by atoms with Crippen molar-refractivity contribution in [3.05, 3.63) is 75.4 Å². The minimum absolute atomic E-state index is 0.130. The van der Waals surface area contributed by atoms with E-state index in [2.05, 4.69) is 52.4 Å². The van der Waals surface area contributed by atoms with Gasteiger partial charge in [0.1, 0.15) is 0 Å². The van der Waals surface area contributed by atoms with Gasteiger partial charge in [-0.15, -0.1) is 11.3 Å². The van der Waals surface area contributed by atoms with Crippen LogP contribution in [0.3, 0.4) is 0 Å². The molecule has 5 rings (SSSR count). The number of anilines is 2. The Hall–Kier alpha value is -3.36. The molecular formula is C26H27N5O2S. The average molecular weight is 474 g/mol. The fraction of sp³-hybridized carbons (Fsp3) is 0.308. The van der Waals surface area contributed by atoms with Gasteiger partial charge >= 0.3 is 0 Å². The Balaban J connectivity index is 1.30. The smallest absolute Gasteiger partial charge is 0.227 e. The van der Waals surface area contributed by atoms with E-state index in [1.165, 1.54) is 16.0 Å². The largest absolute Gasteiger partial charge is 0.376 e. The number of ketones is 1. The van der Waals surface area contributed by atoms with Gasteiger partial charge in [-0.2, -0.15) is 5.10 Å². The summed E-state index contributed by atoms with van der Waals surface area (Å²) in [5.41, 5.74) is 6.20. The van der Waals surface area contributed by atoms with Crippen LogP contribution in [0.1, 0.15) is 50.5 Å². The molecule has 174 valence electrons. The van der Waals surface area contributed by atoms with Gasteiger partial charge in [0.25, 0.3) is 0 Å². The predicted octanol–water partition coefficient (Wildman–Crippen LogP) is 5.44. The van der Waals surface area contributed by atoms with Crippen LogP contribution < -0.4 is 5.32 Å². The molecule has 0 radical (unpaired) electrons. The number of fused-ring (bicyclic) bond motifs is 1. The summed E-state index contributed by atoms with van der Waals surface area (Å²) in [5.74, 6) is 0.859. The average Bonchev–Trinajstić information content (AvgIpc) is 3.45. The number of aryl methyl sites for hydroxylation is 2. The lowest BCUT2D eigenvalue weighted by molar-refractivity contribution is 0.0979. The van der Waals surface area contributed by atoms with Crippen LogP contribution in [0.25, 0.3) is 11.3 Å². The van der Waals surface area contributed by atoms with Crippen molar-refractivity contribution in [2.24, 2.45) is 7.05 Å². The molecule has 0 saturated carbocycles. The van der Waals surface area contributed by atoms with Crippen molar-refractivity contribution < 1.29 is 9.53 Å². The standard InChI is InChI=1S/C26H27N5O2S/c1-16-10-18(22-6-8-27-26(30-22)29-20-13-28-31(3)14-20)4-5-21(16)17(2)11-23(32)25-12-19-15-33-9-7-24(19)34-25/h4-6,8,10,12-14,17H,7,9,11,15H2,1-3H3,(H,27,29,30). The maximum atomic E-state index is 13.0. The zero-order valence-corrected chi connectivity index (χ0v) is 20.4. The van der Waals surface area contributed by atoms with Gasteiger partial charge < -0.3 is 10.1 Å². The highest BCUT2D eigenvalue weighted by molar-refractivity contribution is 7.14. The Labute approximate surface area is 202 Å². The highest BCUT2D eigenvalue weighted by Gasteiger charge is 2.20. The predicted molar refractivity (Wildman–Crippen MR) is 134 cm³/mol. The first kappa shape index (κ1) is 22.4. The molecule has 1 aliphatic rings. The first-order chi connectivity index (χ1) is 16.5. The molecule has 34 heavy (non-hydrogen) atoms. The maximum absolute atomic E-state index is 13.0. The molecule has 8 heteroatoms. The van der Waals surface area contributed by atoms with Gasteiger partial charge in [0, 0.05) is 42.7 Å². The number of nitrogens with one attached hydrogen (secondary N) is 1. The lowest BCUT2D eigenvalue weighted by Gasteiger charge is -2.15. The van der Waals surface area contributed by atoms with E-state index in [9.17, 15) is 4.79 Å². The molecule has 1 aliphatic heterocycles. The number of hydrogen-bond donors (Lipinski definition) is 1. The highest BCUT2D eigenvalue weighted by atomic mass is 32.1. The lowest BCUT2D eigenvalue weighted by atomic mass is 9.90. The molecule has 1 N–H and O–H groups in total. The fourth-order valence-electron chi connectivity index (χ4n) is 4.36. The molecule has 0 amide bonds. The van der Waals surface area contributed by atoms with Crippen molar-refractivity contribution in [3.63, 3.8) is 0 Å². The second kappa shape index (κ2) is 9.48. The number of benzene rings is 1. The second-order valence-electron chi connectivity index (χ2n) is 8.75.